The molecule has 0 aliphatic carbocycles. The fourth-order valence-corrected chi connectivity index (χ4v) is 5.33. The minimum Gasteiger partial charge on any atom is -0.465 e. The molecule has 0 radical (unpaired) electrons. The number of anilines is 1. The van der Waals surface area contributed by atoms with Crippen LogP contribution in [0.3, 0.4) is 0 Å². The number of piperazine rings is 1. The Kier molecular flexibility index (Phi) is 9.24. The second kappa shape index (κ2) is 13.2. The number of esters is 1. The highest BCUT2D eigenvalue weighted by molar-refractivity contribution is 6.30. The molecule has 212 valence electrons. The quantitative estimate of drug-likeness (QED) is 0.203. The van der Waals surface area contributed by atoms with E-state index >= 15 is 0 Å². The van der Waals surface area contributed by atoms with Gasteiger partial charge in [-0.1, -0.05) is 60.1 Å². The molecule has 0 saturated carbocycles. The molecule has 1 saturated heterocycles. The molecule has 5 rings (SSSR count). The first-order chi connectivity index (χ1) is 19.9. The number of carbonyl (C=O) groups is 1. The lowest BCUT2D eigenvalue weighted by Gasteiger charge is -2.36. The van der Waals surface area contributed by atoms with Crippen LogP contribution < -0.4 is 9.64 Å². The van der Waals surface area contributed by atoms with Crippen molar-refractivity contribution in [3.8, 4) is 22.6 Å². The highest BCUT2D eigenvalue weighted by Gasteiger charge is 2.21. The Labute approximate surface area is 247 Å². The van der Waals surface area contributed by atoms with Crippen molar-refractivity contribution in [1.29, 1.82) is 0 Å². The van der Waals surface area contributed by atoms with Gasteiger partial charge in [-0.3, -0.25) is 4.90 Å². The zero-order valence-corrected chi connectivity index (χ0v) is 24.6. The van der Waals surface area contributed by atoms with Crippen molar-refractivity contribution in [2.45, 2.75) is 13.1 Å². The lowest BCUT2D eigenvalue weighted by atomic mass is 9.99. The maximum atomic E-state index is 12.5. The Morgan fingerprint density at radius 3 is 2.27 bits per heavy atom. The number of methoxy groups -OCH3 is 1. The summed E-state index contributed by atoms with van der Waals surface area (Å²) in [6, 6.07) is 30.3. The van der Waals surface area contributed by atoms with Gasteiger partial charge in [0.1, 0.15) is 17.1 Å². The van der Waals surface area contributed by atoms with Gasteiger partial charge < -0.3 is 19.3 Å². The van der Waals surface area contributed by atoms with E-state index in [1.807, 2.05) is 62.6 Å². The third kappa shape index (κ3) is 7.27. The van der Waals surface area contributed by atoms with Crippen LogP contribution in [0.5, 0.6) is 11.5 Å². The van der Waals surface area contributed by atoms with Gasteiger partial charge in [0.25, 0.3) is 0 Å². The minimum atomic E-state index is -0.417. The van der Waals surface area contributed by atoms with E-state index < -0.39 is 5.97 Å². The van der Waals surface area contributed by atoms with E-state index in [1.54, 1.807) is 6.07 Å². The third-order valence-corrected chi connectivity index (χ3v) is 7.58. The largest absolute Gasteiger partial charge is 0.465 e. The molecule has 4 aromatic carbocycles. The topological polar surface area (TPSA) is 45.3 Å². The highest BCUT2D eigenvalue weighted by Crippen LogP contribution is 2.32. The Morgan fingerprint density at radius 2 is 1.59 bits per heavy atom. The smallest absolute Gasteiger partial charge is 0.341 e. The van der Waals surface area contributed by atoms with Gasteiger partial charge in [-0.15, -0.1) is 0 Å². The molecular formula is C34H36ClN3O3. The molecule has 0 bridgehead atoms. The van der Waals surface area contributed by atoms with Gasteiger partial charge in [0.2, 0.25) is 0 Å². The zero-order chi connectivity index (χ0) is 28.8. The van der Waals surface area contributed by atoms with E-state index in [4.69, 9.17) is 21.1 Å². The second-order valence-corrected chi connectivity index (χ2v) is 11.0. The summed E-state index contributed by atoms with van der Waals surface area (Å²) in [5.41, 5.74) is 6.34. The maximum absolute atomic E-state index is 12.5. The molecule has 6 nitrogen and oxygen atoms in total. The van der Waals surface area contributed by atoms with Crippen LogP contribution >= 0.6 is 11.6 Å². The van der Waals surface area contributed by atoms with Crippen LogP contribution in [0.1, 0.15) is 21.5 Å². The zero-order valence-electron chi connectivity index (χ0n) is 23.8. The van der Waals surface area contributed by atoms with Crippen molar-refractivity contribution in [2.75, 3.05) is 52.3 Å². The summed E-state index contributed by atoms with van der Waals surface area (Å²) in [5.74, 6) is 0.757. The molecule has 4 aromatic rings. The standard InChI is InChI=1S/C34H36ClN3O3/c1-36(2)23-25-8-15-30(16-9-25)41-33-22-29(14-17-32(33)34(39)40-3)38-20-18-37(19-21-38)24-27-6-4-5-7-31(27)26-10-12-28(35)13-11-26/h4-17,22H,18-21,23-24H2,1-3H3. The summed E-state index contributed by atoms with van der Waals surface area (Å²) >= 11 is 6.12. The van der Waals surface area contributed by atoms with Crippen molar-refractivity contribution >= 4 is 23.3 Å². The van der Waals surface area contributed by atoms with E-state index in [1.165, 1.54) is 29.4 Å². The normalized spacial score (nSPS) is 13.8. The molecule has 0 unspecified atom stereocenters. The van der Waals surface area contributed by atoms with Crippen molar-refractivity contribution in [3.63, 3.8) is 0 Å². The van der Waals surface area contributed by atoms with Gasteiger partial charge in [0.15, 0.2) is 0 Å². The molecule has 0 amide bonds. The maximum Gasteiger partial charge on any atom is 0.341 e. The van der Waals surface area contributed by atoms with E-state index in [9.17, 15) is 4.79 Å². The molecule has 0 N–H and O–H groups in total. The Balaban J connectivity index is 1.28. The molecule has 7 heteroatoms. The highest BCUT2D eigenvalue weighted by atomic mass is 35.5. The van der Waals surface area contributed by atoms with Crippen molar-refractivity contribution < 1.29 is 14.3 Å². The van der Waals surface area contributed by atoms with Crippen molar-refractivity contribution in [3.05, 3.63) is 113 Å². The van der Waals surface area contributed by atoms with Gasteiger partial charge in [-0.25, -0.2) is 4.79 Å². The number of carbonyl (C=O) groups excluding carboxylic acids is 1. The van der Waals surface area contributed by atoms with E-state index in [0.717, 1.165) is 50.0 Å². The van der Waals surface area contributed by atoms with E-state index in [0.29, 0.717) is 17.1 Å². The Bertz CT molecular complexity index is 1460. The van der Waals surface area contributed by atoms with Gasteiger partial charge >= 0.3 is 5.97 Å². The number of hydrogen-bond donors (Lipinski definition) is 0. The lowest BCUT2D eigenvalue weighted by molar-refractivity contribution is 0.0598. The number of ether oxygens (including phenoxy) is 2. The van der Waals surface area contributed by atoms with Crippen LogP contribution in [0.25, 0.3) is 11.1 Å². The van der Waals surface area contributed by atoms with Gasteiger partial charge in [0.05, 0.1) is 7.11 Å². The molecule has 0 aromatic heterocycles. The Hall–Kier alpha value is -3.84. The fraction of sp³-hybridized carbons (Fsp3) is 0.265. The Morgan fingerprint density at radius 1 is 0.878 bits per heavy atom. The average Bonchev–Trinajstić information content (AvgIpc) is 2.99. The molecular weight excluding hydrogens is 534 g/mol. The van der Waals surface area contributed by atoms with Crippen LogP contribution in [-0.4, -0.2) is 63.2 Å². The summed E-state index contributed by atoms with van der Waals surface area (Å²) in [6.07, 6.45) is 0. The van der Waals surface area contributed by atoms with Gasteiger partial charge in [-0.05, 0) is 72.7 Å². The third-order valence-electron chi connectivity index (χ3n) is 7.32. The molecule has 1 aliphatic rings. The van der Waals surface area contributed by atoms with Crippen molar-refractivity contribution in [2.24, 2.45) is 0 Å². The molecule has 1 aliphatic heterocycles. The minimum absolute atomic E-state index is 0.408. The summed E-state index contributed by atoms with van der Waals surface area (Å²) in [4.78, 5) is 19.5. The number of halogens is 1. The van der Waals surface area contributed by atoms with Crippen LogP contribution in [0, 0.1) is 0 Å². The van der Waals surface area contributed by atoms with Gasteiger partial charge in [-0.2, -0.15) is 0 Å². The van der Waals surface area contributed by atoms with Crippen LogP contribution in [0.4, 0.5) is 5.69 Å². The van der Waals surface area contributed by atoms with Gasteiger partial charge in [0, 0.05) is 56.0 Å². The van der Waals surface area contributed by atoms with Crippen LogP contribution in [-0.2, 0) is 17.8 Å². The fourth-order valence-electron chi connectivity index (χ4n) is 5.20. The number of benzene rings is 4. The summed E-state index contributed by atoms with van der Waals surface area (Å²) in [7, 11) is 5.47. The second-order valence-electron chi connectivity index (χ2n) is 10.6. The van der Waals surface area contributed by atoms with E-state index in [2.05, 4.69) is 51.1 Å². The first-order valence-corrected chi connectivity index (χ1v) is 14.2. The summed E-state index contributed by atoms with van der Waals surface area (Å²) in [6.45, 7) is 5.33. The summed E-state index contributed by atoms with van der Waals surface area (Å²) in [5, 5.41) is 0.744. The molecule has 0 atom stereocenters. The molecule has 1 fully saturated rings. The number of nitrogens with zero attached hydrogens (tertiary/aromatic N) is 3. The van der Waals surface area contributed by atoms with Crippen molar-refractivity contribution in [1.82, 2.24) is 9.80 Å². The van der Waals surface area contributed by atoms with Crippen LogP contribution in [0.15, 0.2) is 91.0 Å². The molecule has 41 heavy (non-hydrogen) atoms. The number of hydrogen-bond acceptors (Lipinski definition) is 6. The number of rotatable bonds is 9. The molecule has 1 heterocycles. The monoisotopic (exact) mass is 569 g/mol. The predicted molar refractivity (Wildman–Crippen MR) is 166 cm³/mol. The molecule has 0 spiro atoms. The summed E-state index contributed by atoms with van der Waals surface area (Å²) < 4.78 is 11.3. The first-order valence-electron chi connectivity index (χ1n) is 13.8. The van der Waals surface area contributed by atoms with Crippen LogP contribution in [0.2, 0.25) is 5.02 Å². The predicted octanol–water partition coefficient (Wildman–Crippen LogP) is 6.97. The SMILES string of the molecule is COC(=O)c1ccc(N2CCN(Cc3ccccc3-c3ccc(Cl)cc3)CC2)cc1Oc1ccc(CN(C)C)cc1. The first kappa shape index (κ1) is 28.7. The van der Waals surface area contributed by atoms with E-state index in [-0.39, 0.29) is 0 Å². The average molecular weight is 570 g/mol. The lowest BCUT2D eigenvalue weighted by Crippen LogP contribution is -2.46.